The molecule has 1 spiro atoms. The first-order valence-corrected chi connectivity index (χ1v) is 13.6. The summed E-state index contributed by atoms with van der Waals surface area (Å²) in [7, 11) is 0. The van der Waals surface area contributed by atoms with E-state index < -0.39 is 40.4 Å². The van der Waals surface area contributed by atoms with E-state index >= 15 is 4.39 Å². The zero-order valence-corrected chi connectivity index (χ0v) is 22.8. The number of hydrogen-bond donors (Lipinski definition) is 0. The number of hydrogen-bond acceptors (Lipinski definition) is 5. The largest absolute Gasteiger partial charge is 0.490 e. The van der Waals surface area contributed by atoms with Crippen LogP contribution in [0.2, 0.25) is 0 Å². The lowest BCUT2D eigenvalue weighted by Gasteiger charge is -2.43. The van der Waals surface area contributed by atoms with Crippen molar-refractivity contribution in [1.82, 2.24) is 4.98 Å². The van der Waals surface area contributed by atoms with Gasteiger partial charge < -0.3 is 9.64 Å². The number of alkyl halides is 3. The van der Waals surface area contributed by atoms with Crippen molar-refractivity contribution < 1.29 is 27.1 Å². The fraction of sp³-hybridized carbons (Fsp3) is 0.226. The van der Waals surface area contributed by atoms with Gasteiger partial charge in [0, 0.05) is 24.4 Å². The lowest BCUT2D eigenvalue weighted by atomic mass is 9.75. The van der Waals surface area contributed by atoms with Crippen molar-refractivity contribution in [3.05, 3.63) is 95.6 Å². The molecule has 1 aliphatic carbocycles. The number of pyridine rings is 1. The van der Waals surface area contributed by atoms with Crippen molar-refractivity contribution in [2.75, 3.05) is 16.4 Å². The molecular weight excluding hydrogens is 568 g/mol. The van der Waals surface area contributed by atoms with Crippen LogP contribution in [0.3, 0.4) is 0 Å². The Morgan fingerprint density at radius 1 is 1.07 bits per heavy atom. The van der Waals surface area contributed by atoms with Crippen LogP contribution in [0.5, 0.6) is 5.75 Å². The van der Waals surface area contributed by atoms with Gasteiger partial charge in [0.05, 0.1) is 12.3 Å². The molecule has 2 heterocycles. The van der Waals surface area contributed by atoms with E-state index in [0.717, 1.165) is 33.5 Å². The predicted octanol–water partition coefficient (Wildman–Crippen LogP) is 6.95. The minimum Gasteiger partial charge on any atom is -0.490 e. The molecule has 0 atom stereocenters. The number of aromatic nitrogens is 1. The number of benzene rings is 3. The Morgan fingerprint density at radius 2 is 1.83 bits per heavy atom. The van der Waals surface area contributed by atoms with Gasteiger partial charge in [0.25, 0.3) is 5.91 Å². The molecule has 6 rings (SSSR count). The number of fused-ring (bicyclic) bond motifs is 1. The highest BCUT2D eigenvalue weighted by Gasteiger charge is 2.60. The normalized spacial score (nSPS) is 16.2. The summed E-state index contributed by atoms with van der Waals surface area (Å²) in [5, 5.41) is 11.2. The van der Waals surface area contributed by atoms with Gasteiger partial charge in [-0.1, -0.05) is 42.5 Å². The predicted molar refractivity (Wildman–Crippen MR) is 153 cm³/mol. The zero-order chi connectivity index (χ0) is 29.6. The fourth-order valence-corrected chi connectivity index (χ4v) is 6.18. The van der Waals surface area contributed by atoms with Gasteiger partial charge in [-0.2, -0.15) is 18.4 Å². The van der Waals surface area contributed by atoms with E-state index in [1.807, 2.05) is 42.5 Å². The van der Waals surface area contributed by atoms with Crippen molar-refractivity contribution in [1.29, 1.82) is 5.26 Å². The number of amides is 1. The van der Waals surface area contributed by atoms with Crippen LogP contribution in [0.4, 0.5) is 28.9 Å². The molecule has 212 valence electrons. The summed E-state index contributed by atoms with van der Waals surface area (Å²) in [4.78, 5) is 19.5. The van der Waals surface area contributed by atoms with E-state index in [0.29, 0.717) is 25.7 Å². The third-order valence-corrected chi connectivity index (χ3v) is 8.20. The first-order chi connectivity index (χ1) is 20.2. The minimum absolute atomic E-state index is 0.00194. The first-order valence-electron chi connectivity index (χ1n) is 13.2. The molecule has 1 aromatic heterocycles. The Balaban J connectivity index is 1.28. The van der Waals surface area contributed by atoms with Gasteiger partial charge in [0.2, 0.25) is 0 Å². The molecule has 1 saturated carbocycles. The van der Waals surface area contributed by atoms with Crippen LogP contribution in [0.25, 0.3) is 10.8 Å². The quantitative estimate of drug-likeness (QED) is 0.179. The summed E-state index contributed by atoms with van der Waals surface area (Å²) in [6.07, 6.45) is -2.11. The average Bonchev–Trinajstić information content (AvgIpc) is 3.19. The summed E-state index contributed by atoms with van der Waals surface area (Å²) in [5.74, 6) is -1.35. The number of ether oxygens (including phenoxy) is 1. The highest BCUT2D eigenvalue weighted by atomic mass is 32.1. The van der Waals surface area contributed by atoms with E-state index in [2.05, 4.69) is 4.98 Å². The van der Waals surface area contributed by atoms with Gasteiger partial charge in [-0.05, 0) is 66.0 Å². The van der Waals surface area contributed by atoms with E-state index in [1.165, 1.54) is 29.2 Å². The molecule has 1 aliphatic heterocycles. The number of rotatable bonds is 6. The molecule has 11 heteroatoms. The standard InChI is InChI=1S/C31H22F4N4O2S/c32-23-17-21(9-10-26(23)41-16-12-20-7-3-6-19-5-1-2-8-22(19)20)39-29(42)38(28(40)30(39)13-4-14-30)25-11-15-37-24(18-36)27(25)31(33,34)35/h1-3,5-11,15,17H,4,12-14,16H2. The number of nitrogens with zero attached hydrogens (tertiary/aromatic N) is 4. The Kier molecular flexibility index (Phi) is 6.81. The minimum atomic E-state index is -4.97. The number of carbonyl (C=O) groups excluding carboxylic acids is 1. The van der Waals surface area contributed by atoms with Crippen LogP contribution < -0.4 is 14.5 Å². The maximum atomic E-state index is 15.3. The second-order valence-corrected chi connectivity index (χ2v) is 10.5. The maximum Gasteiger partial charge on any atom is 0.421 e. The molecule has 1 saturated heterocycles. The van der Waals surface area contributed by atoms with Crippen molar-refractivity contribution in [2.45, 2.75) is 37.4 Å². The van der Waals surface area contributed by atoms with Crippen molar-refractivity contribution in [3.63, 3.8) is 0 Å². The van der Waals surface area contributed by atoms with E-state index in [-0.39, 0.29) is 23.2 Å². The molecule has 0 unspecified atom stereocenters. The Labute approximate surface area is 243 Å². The number of nitriles is 1. The zero-order valence-electron chi connectivity index (χ0n) is 22.0. The molecule has 0 bridgehead atoms. The summed E-state index contributed by atoms with van der Waals surface area (Å²) >= 11 is 5.56. The van der Waals surface area contributed by atoms with Crippen LogP contribution in [0.15, 0.2) is 72.9 Å². The lowest BCUT2D eigenvalue weighted by Crippen LogP contribution is -2.55. The molecular formula is C31H22F4N4O2S. The number of anilines is 2. The molecule has 42 heavy (non-hydrogen) atoms. The topological polar surface area (TPSA) is 69.5 Å². The monoisotopic (exact) mass is 590 g/mol. The van der Waals surface area contributed by atoms with Crippen LogP contribution in [-0.4, -0.2) is 28.1 Å². The number of halogens is 4. The molecule has 3 aromatic carbocycles. The van der Waals surface area contributed by atoms with Crippen molar-refractivity contribution in [2.24, 2.45) is 0 Å². The highest BCUT2D eigenvalue weighted by Crippen LogP contribution is 2.50. The van der Waals surface area contributed by atoms with Crippen LogP contribution in [0.1, 0.15) is 36.1 Å². The van der Waals surface area contributed by atoms with E-state index in [4.69, 9.17) is 17.0 Å². The molecule has 4 aromatic rings. The summed E-state index contributed by atoms with van der Waals surface area (Å²) < 4.78 is 63.2. The van der Waals surface area contributed by atoms with E-state index in [9.17, 15) is 23.2 Å². The molecule has 0 N–H and O–H groups in total. The second kappa shape index (κ2) is 10.4. The van der Waals surface area contributed by atoms with Gasteiger partial charge in [-0.3, -0.25) is 9.69 Å². The summed E-state index contributed by atoms with van der Waals surface area (Å²) in [5.41, 5.74) is -2.76. The van der Waals surface area contributed by atoms with Crippen LogP contribution in [-0.2, 0) is 17.4 Å². The fourth-order valence-electron chi connectivity index (χ4n) is 5.72. The Bertz CT molecular complexity index is 1780. The molecule has 0 radical (unpaired) electrons. The van der Waals surface area contributed by atoms with Crippen molar-refractivity contribution >= 4 is 45.4 Å². The highest BCUT2D eigenvalue weighted by molar-refractivity contribution is 7.81. The Morgan fingerprint density at radius 3 is 2.52 bits per heavy atom. The average molecular weight is 591 g/mol. The number of carbonyl (C=O) groups is 1. The summed E-state index contributed by atoms with van der Waals surface area (Å²) in [6.45, 7) is 0.214. The molecule has 2 fully saturated rings. The first kappa shape index (κ1) is 27.6. The lowest BCUT2D eigenvalue weighted by molar-refractivity contribution is -0.137. The molecule has 1 amide bonds. The summed E-state index contributed by atoms with van der Waals surface area (Å²) in [6, 6.07) is 20.5. The van der Waals surface area contributed by atoms with Gasteiger partial charge >= 0.3 is 6.18 Å². The molecule has 6 nitrogen and oxygen atoms in total. The maximum absolute atomic E-state index is 15.3. The smallest absolute Gasteiger partial charge is 0.421 e. The van der Waals surface area contributed by atoms with E-state index in [1.54, 1.807) is 0 Å². The Hall–Kier alpha value is -4.56. The number of thiocarbonyl (C=S) groups is 1. The molecule has 2 aliphatic rings. The van der Waals surface area contributed by atoms with Gasteiger partial charge in [-0.15, -0.1) is 0 Å². The van der Waals surface area contributed by atoms with Gasteiger partial charge in [0.1, 0.15) is 17.2 Å². The van der Waals surface area contributed by atoms with Crippen LogP contribution >= 0.6 is 12.2 Å². The van der Waals surface area contributed by atoms with Gasteiger partial charge in [-0.25, -0.2) is 9.37 Å². The van der Waals surface area contributed by atoms with Crippen molar-refractivity contribution in [3.8, 4) is 11.8 Å². The third-order valence-electron chi connectivity index (χ3n) is 7.83. The SMILES string of the molecule is N#Cc1nccc(N2C(=O)C3(CCC3)N(c3ccc(OCCc4cccc5ccccc45)c(F)c3)C2=S)c1C(F)(F)F. The van der Waals surface area contributed by atoms with Gasteiger partial charge in [0.15, 0.2) is 22.4 Å². The second-order valence-electron chi connectivity index (χ2n) is 10.2. The third kappa shape index (κ3) is 4.43. The van der Waals surface area contributed by atoms with Crippen LogP contribution in [0, 0.1) is 17.1 Å².